The second-order valence-corrected chi connectivity index (χ2v) is 12.6. The van der Waals surface area contributed by atoms with Crippen LogP contribution in [0, 0.1) is 34.5 Å². The maximum absolute atomic E-state index is 12.5. The summed E-state index contributed by atoms with van der Waals surface area (Å²) in [5, 5.41) is 3.24. The van der Waals surface area contributed by atoms with Gasteiger partial charge < -0.3 is 14.8 Å². The van der Waals surface area contributed by atoms with E-state index in [2.05, 4.69) is 63.4 Å². The fraction of sp³-hybridized carbons (Fsp3) is 0.677. The first-order valence-corrected chi connectivity index (χ1v) is 14.0. The molecule has 1 heterocycles. The van der Waals surface area contributed by atoms with Crippen molar-refractivity contribution in [3.63, 3.8) is 0 Å². The standard InChI is InChI=1S/C31H43NO4/c1-20(2)22-7-5-21(6-8-22)17-35-19-29(34)36-18-23-9-11-25-24-10-12-27-31(4,16-14-28(33)32-27)26(24)13-15-30(23,25)3/h5-8,14,16,20,23-27H,9-13,15,17-19H2,1-4H3,(H,32,33)/t23-,24?,25?,26?,27?,30-,31-/m1/s1. The molecule has 0 bridgehead atoms. The molecule has 3 fully saturated rings. The van der Waals surface area contributed by atoms with Gasteiger partial charge in [0.25, 0.3) is 0 Å². The van der Waals surface area contributed by atoms with Crippen molar-refractivity contribution in [2.45, 2.75) is 84.8 Å². The zero-order chi connectivity index (χ0) is 25.5. The summed E-state index contributed by atoms with van der Waals surface area (Å²) >= 11 is 0. The van der Waals surface area contributed by atoms with E-state index < -0.39 is 0 Å². The minimum atomic E-state index is -0.259. The minimum absolute atomic E-state index is 0.00128. The predicted octanol–water partition coefficient (Wildman–Crippen LogP) is 5.78. The molecule has 1 aromatic carbocycles. The summed E-state index contributed by atoms with van der Waals surface area (Å²) < 4.78 is 11.4. The maximum atomic E-state index is 12.5. The van der Waals surface area contributed by atoms with Gasteiger partial charge in [-0.1, -0.05) is 58.0 Å². The van der Waals surface area contributed by atoms with Crippen LogP contribution in [0.15, 0.2) is 36.4 Å². The quantitative estimate of drug-likeness (QED) is 0.489. The maximum Gasteiger partial charge on any atom is 0.332 e. The van der Waals surface area contributed by atoms with Gasteiger partial charge in [-0.15, -0.1) is 0 Å². The van der Waals surface area contributed by atoms with Crippen LogP contribution in [0.4, 0.5) is 0 Å². The molecule has 5 rings (SSSR count). The van der Waals surface area contributed by atoms with Crippen LogP contribution in [0.3, 0.4) is 0 Å². The van der Waals surface area contributed by atoms with E-state index in [4.69, 9.17) is 9.47 Å². The Balaban J connectivity index is 1.13. The molecule has 1 aliphatic heterocycles. The van der Waals surface area contributed by atoms with E-state index in [1.54, 1.807) is 6.08 Å². The van der Waals surface area contributed by atoms with Gasteiger partial charge >= 0.3 is 5.97 Å². The Morgan fingerprint density at radius 2 is 1.83 bits per heavy atom. The van der Waals surface area contributed by atoms with E-state index in [0.717, 1.165) is 18.4 Å². The van der Waals surface area contributed by atoms with Crippen molar-refractivity contribution in [2.24, 2.45) is 34.5 Å². The zero-order valence-corrected chi connectivity index (χ0v) is 22.4. The third-order valence-electron chi connectivity index (χ3n) is 10.5. The van der Waals surface area contributed by atoms with Gasteiger partial charge in [-0.3, -0.25) is 4.79 Å². The van der Waals surface area contributed by atoms with Crippen LogP contribution < -0.4 is 5.32 Å². The van der Waals surface area contributed by atoms with Crippen molar-refractivity contribution in [2.75, 3.05) is 13.2 Å². The lowest BCUT2D eigenvalue weighted by Crippen LogP contribution is -2.59. The van der Waals surface area contributed by atoms with Crippen molar-refractivity contribution in [3.8, 4) is 0 Å². The molecule has 0 aromatic heterocycles. The average Bonchev–Trinajstić information content (AvgIpc) is 3.19. The summed E-state index contributed by atoms with van der Waals surface area (Å²) in [5.74, 6) is 2.72. The number of esters is 1. The summed E-state index contributed by atoms with van der Waals surface area (Å²) in [6.07, 6.45) is 10.9. The molecule has 7 atom stereocenters. The minimum Gasteiger partial charge on any atom is -0.464 e. The average molecular weight is 494 g/mol. The third kappa shape index (κ3) is 4.64. The van der Waals surface area contributed by atoms with Gasteiger partial charge in [0, 0.05) is 11.5 Å². The molecule has 4 unspecified atom stereocenters. The highest BCUT2D eigenvalue weighted by atomic mass is 16.6. The zero-order valence-electron chi connectivity index (χ0n) is 22.4. The number of rotatable bonds is 7. The summed E-state index contributed by atoms with van der Waals surface area (Å²) in [5.41, 5.74) is 2.67. The first-order valence-electron chi connectivity index (χ1n) is 14.0. The predicted molar refractivity (Wildman–Crippen MR) is 140 cm³/mol. The van der Waals surface area contributed by atoms with E-state index in [1.165, 1.54) is 31.2 Å². The van der Waals surface area contributed by atoms with Crippen LogP contribution >= 0.6 is 0 Å². The molecule has 3 aliphatic carbocycles. The molecule has 1 amide bonds. The van der Waals surface area contributed by atoms with E-state index in [9.17, 15) is 9.59 Å². The number of nitrogens with one attached hydrogen (secondary N) is 1. The fourth-order valence-electron chi connectivity index (χ4n) is 8.20. The van der Waals surface area contributed by atoms with Crippen LogP contribution in [0.2, 0.25) is 0 Å². The number of hydrogen-bond donors (Lipinski definition) is 1. The molecule has 1 aromatic rings. The van der Waals surface area contributed by atoms with Crippen molar-refractivity contribution in [1.29, 1.82) is 0 Å². The second-order valence-electron chi connectivity index (χ2n) is 12.6. The molecular weight excluding hydrogens is 450 g/mol. The van der Waals surface area contributed by atoms with Crippen molar-refractivity contribution < 1.29 is 19.1 Å². The monoisotopic (exact) mass is 493 g/mol. The molecule has 5 nitrogen and oxygen atoms in total. The Kier molecular flexibility index (Phi) is 7.06. The Bertz CT molecular complexity index is 1000. The Morgan fingerprint density at radius 1 is 1.06 bits per heavy atom. The normalized spacial score (nSPS) is 37.1. The van der Waals surface area contributed by atoms with Crippen LogP contribution in [0.5, 0.6) is 0 Å². The van der Waals surface area contributed by atoms with Gasteiger partial charge in [-0.2, -0.15) is 0 Å². The first-order chi connectivity index (χ1) is 17.2. The van der Waals surface area contributed by atoms with Gasteiger partial charge in [0.2, 0.25) is 5.91 Å². The molecule has 0 radical (unpaired) electrons. The summed E-state index contributed by atoms with van der Waals surface area (Å²) in [6.45, 7) is 10.1. The lowest BCUT2D eigenvalue weighted by molar-refractivity contribution is -0.153. The molecule has 1 N–H and O–H groups in total. The molecule has 0 spiro atoms. The largest absolute Gasteiger partial charge is 0.464 e. The number of hydrogen-bond acceptors (Lipinski definition) is 4. The Labute approximate surface area is 216 Å². The summed E-state index contributed by atoms with van der Waals surface area (Å²) in [4.78, 5) is 24.4. The van der Waals surface area contributed by atoms with E-state index in [-0.39, 0.29) is 35.4 Å². The highest BCUT2D eigenvalue weighted by Crippen LogP contribution is 2.64. The highest BCUT2D eigenvalue weighted by Gasteiger charge is 2.59. The first kappa shape index (κ1) is 25.5. The number of ether oxygens (including phenoxy) is 2. The molecule has 196 valence electrons. The number of amides is 1. The number of carbonyl (C=O) groups is 2. The van der Waals surface area contributed by atoms with E-state index in [0.29, 0.717) is 42.8 Å². The third-order valence-corrected chi connectivity index (χ3v) is 10.5. The molecule has 4 aliphatic rings. The molecule has 36 heavy (non-hydrogen) atoms. The fourth-order valence-corrected chi connectivity index (χ4v) is 8.20. The smallest absolute Gasteiger partial charge is 0.332 e. The molecule has 3 saturated carbocycles. The van der Waals surface area contributed by atoms with Crippen LogP contribution in [0.1, 0.15) is 83.3 Å². The SMILES string of the molecule is CC(C)c1ccc(COCC(=O)OC[C@H]2CCC3C4CCC5NC(=O)C=C[C@]5(C)C4CC[C@@]32C)cc1. The van der Waals surface area contributed by atoms with Crippen LogP contribution in [-0.2, 0) is 25.7 Å². The lowest BCUT2D eigenvalue weighted by Gasteiger charge is -2.58. The summed E-state index contributed by atoms with van der Waals surface area (Å²) in [6, 6.07) is 8.66. The lowest BCUT2D eigenvalue weighted by atomic mass is 9.48. The second kappa shape index (κ2) is 9.96. The Hall–Kier alpha value is -2.14. The van der Waals surface area contributed by atoms with Gasteiger partial charge in [0.05, 0.1) is 13.2 Å². The van der Waals surface area contributed by atoms with Gasteiger partial charge in [-0.05, 0) is 90.7 Å². The topological polar surface area (TPSA) is 64.6 Å². The van der Waals surface area contributed by atoms with Crippen molar-refractivity contribution in [1.82, 2.24) is 5.32 Å². The van der Waals surface area contributed by atoms with Gasteiger partial charge in [-0.25, -0.2) is 4.79 Å². The van der Waals surface area contributed by atoms with Crippen LogP contribution in [-0.4, -0.2) is 31.1 Å². The van der Waals surface area contributed by atoms with Crippen molar-refractivity contribution in [3.05, 3.63) is 47.5 Å². The Morgan fingerprint density at radius 3 is 2.58 bits per heavy atom. The number of carbonyl (C=O) groups excluding carboxylic acids is 2. The number of benzene rings is 1. The van der Waals surface area contributed by atoms with Gasteiger partial charge in [0.1, 0.15) is 6.61 Å². The van der Waals surface area contributed by atoms with Crippen molar-refractivity contribution >= 4 is 11.9 Å². The number of fused-ring (bicyclic) bond motifs is 5. The highest BCUT2D eigenvalue weighted by molar-refractivity contribution is 5.89. The molecule has 0 saturated heterocycles. The molecule has 5 heteroatoms. The van der Waals surface area contributed by atoms with E-state index in [1.807, 2.05) is 0 Å². The van der Waals surface area contributed by atoms with E-state index >= 15 is 0 Å². The molecular formula is C31H43NO4. The van der Waals surface area contributed by atoms with Crippen LogP contribution in [0.25, 0.3) is 0 Å². The summed E-state index contributed by atoms with van der Waals surface area (Å²) in [7, 11) is 0. The van der Waals surface area contributed by atoms with Gasteiger partial charge in [0.15, 0.2) is 0 Å².